The molecule has 1 amide bonds. The summed E-state index contributed by atoms with van der Waals surface area (Å²) in [5.74, 6) is 1.24. The Hall–Kier alpha value is -3.00. The van der Waals surface area contributed by atoms with Crippen LogP contribution in [0.25, 0.3) is 6.08 Å². The molecule has 1 aliphatic heterocycles. The van der Waals surface area contributed by atoms with Crippen LogP contribution >= 0.6 is 11.3 Å². The Kier molecular flexibility index (Phi) is 4.97. The molecule has 4 heterocycles. The zero-order chi connectivity index (χ0) is 18.6. The van der Waals surface area contributed by atoms with Crippen LogP contribution in [0.5, 0.6) is 0 Å². The van der Waals surface area contributed by atoms with Gasteiger partial charge in [-0.2, -0.15) is 0 Å². The second kappa shape index (κ2) is 7.71. The van der Waals surface area contributed by atoms with Crippen LogP contribution in [0.15, 0.2) is 47.5 Å². The van der Waals surface area contributed by atoms with Crippen LogP contribution in [0, 0.1) is 6.92 Å². The van der Waals surface area contributed by atoms with Gasteiger partial charge in [0.2, 0.25) is 5.91 Å². The van der Waals surface area contributed by atoms with Crippen molar-refractivity contribution in [2.45, 2.75) is 25.8 Å². The first-order chi connectivity index (χ1) is 13.2. The fourth-order valence-electron chi connectivity index (χ4n) is 3.15. The number of carbonyl (C=O) groups is 1. The Labute approximate surface area is 160 Å². The molecule has 1 atom stereocenters. The predicted molar refractivity (Wildman–Crippen MR) is 104 cm³/mol. The minimum atomic E-state index is -0.115. The number of amides is 1. The van der Waals surface area contributed by atoms with E-state index in [4.69, 9.17) is 4.42 Å². The van der Waals surface area contributed by atoms with E-state index in [9.17, 15) is 4.79 Å². The molecule has 8 heteroatoms. The molecule has 4 rings (SSSR count). The molecular formula is C19H19N5O2S. The predicted octanol–water partition coefficient (Wildman–Crippen LogP) is 3.96. The number of carbonyl (C=O) groups excluding carboxylic acids is 1. The zero-order valence-corrected chi connectivity index (χ0v) is 15.6. The van der Waals surface area contributed by atoms with Crippen LogP contribution in [0.3, 0.4) is 0 Å². The smallest absolute Gasteiger partial charge is 0.247 e. The molecule has 0 unspecified atom stereocenters. The molecule has 0 bridgehead atoms. The minimum absolute atomic E-state index is 0.0596. The SMILES string of the molecule is Cc1cnc(Nc2nccnc2[C@@H]2CCCN2C(=O)/C=C/c2ccco2)s1. The fourth-order valence-corrected chi connectivity index (χ4v) is 3.82. The molecule has 0 spiro atoms. The normalized spacial score (nSPS) is 16.9. The van der Waals surface area contributed by atoms with Gasteiger partial charge in [0.1, 0.15) is 11.5 Å². The van der Waals surface area contributed by atoms with Gasteiger partial charge in [0.25, 0.3) is 0 Å². The molecule has 1 N–H and O–H groups in total. The van der Waals surface area contributed by atoms with Crippen molar-refractivity contribution in [1.82, 2.24) is 19.9 Å². The largest absolute Gasteiger partial charge is 0.465 e. The summed E-state index contributed by atoms with van der Waals surface area (Å²) in [6, 6.07) is 3.49. The van der Waals surface area contributed by atoms with Crippen molar-refractivity contribution in [2.24, 2.45) is 0 Å². The first-order valence-corrected chi connectivity index (χ1v) is 9.55. The lowest BCUT2D eigenvalue weighted by Gasteiger charge is -2.24. The lowest BCUT2D eigenvalue weighted by molar-refractivity contribution is -0.126. The Bertz CT molecular complexity index is 951. The Balaban J connectivity index is 1.56. The molecule has 138 valence electrons. The van der Waals surface area contributed by atoms with Crippen molar-refractivity contribution in [3.05, 3.63) is 59.4 Å². The lowest BCUT2D eigenvalue weighted by Crippen LogP contribution is -2.30. The molecule has 3 aromatic heterocycles. The highest BCUT2D eigenvalue weighted by Crippen LogP contribution is 2.35. The molecule has 0 saturated carbocycles. The van der Waals surface area contributed by atoms with E-state index < -0.39 is 0 Å². The molecule has 1 fully saturated rings. The number of nitrogens with one attached hydrogen (secondary N) is 1. The zero-order valence-electron chi connectivity index (χ0n) is 14.8. The van der Waals surface area contributed by atoms with E-state index in [1.807, 2.05) is 24.1 Å². The number of thiazole rings is 1. The fraction of sp³-hybridized carbons (Fsp3) is 0.263. The van der Waals surface area contributed by atoms with E-state index in [1.165, 1.54) is 0 Å². The third-order valence-electron chi connectivity index (χ3n) is 4.36. The molecule has 7 nitrogen and oxygen atoms in total. The number of aromatic nitrogens is 3. The molecule has 3 aromatic rings. The second-order valence-corrected chi connectivity index (χ2v) is 7.46. The van der Waals surface area contributed by atoms with Crippen molar-refractivity contribution < 1.29 is 9.21 Å². The molecule has 0 aromatic carbocycles. The van der Waals surface area contributed by atoms with Gasteiger partial charge in [-0.1, -0.05) is 0 Å². The van der Waals surface area contributed by atoms with Gasteiger partial charge >= 0.3 is 0 Å². The van der Waals surface area contributed by atoms with Crippen molar-refractivity contribution >= 4 is 34.3 Å². The number of rotatable bonds is 5. The minimum Gasteiger partial charge on any atom is -0.465 e. The molecule has 27 heavy (non-hydrogen) atoms. The van der Waals surface area contributed by atoms with Gasteiger partial charge in [0.05, 0.1) is 12.3 Å². The molecular weight excluding hydrogens is 362 g/mol. The molecule has 1 aliphatic rings. The number of nitrogens with zero attached hydrogens (tertiary/aromatic N) is 4. The Morgan fingerprint density at radius 2 is 2.26 bits per heavy atom. The number of hydrogen-bond acceptors (Lipinski definition) is 7. The molecule has 1 saturated heterocycles. The second-order valence-electron chi connectivity index (χ2n) is 6.23. The van der Waals surface area contributed by atoms with Gasteiger partial charge in [0.15, 0.2) is 10.9 Å². The van der Waals surface area contributed by atoms with Gasteiger partial charge in [0, 0.05) is 36.1 Å². The highest BCUT2D eigenvalue weighted by atomic mass is 32.1. The summed E-state index contributed by atoms with van der Waals surface area (Å²) in [4.78, 5) is 28.9. The first-order valence-electron chi connectivity index (χ1n) is 8.73. The summed E-state index contributed by atoms with van der Waals surface area (Å²) in [7, 11) is 0. The Morgan fingerprint density at radius 1 is 1.37 bits per heavy atom. The maximum Gasteiger partial charge on any atom is 0.247 e. The third-order valence-corrected chi connectivity index (χ3v) is 5.19. The maximum absolute atomic E-state index is 12.7. The first kappa shape index (κ1) is 17.4. The number of furan rings is 1. The van der Waals surface area contributed by atoms with Gasteiger partial charge < -0.3 is 14.6 Å². The number of hydrogen-bond donors (Lipinski definition) is 1. The summed E-state index contributed by atoms with van der Waals surface area (Å²) in [6.07, 6.45) is 11.7. The van der Waals surface area contributed by atoms with E-state index >= 15 is 0 Å². The van der Waals surface area contributed by atoms with Crippen molar-refractivity contribution in [2.75, 3.05) is 11.9 Å². The number of aryl methyl sites for hydroxylation is 1. The standard InChI is InChI=1S/C19H19N5O2S/c1-13-12-22-19(27-13)23-18-17(20-8-9-21-18)15-5-2-10-24(15)16(25)7-6-14-4-3-11-26-14/h3-4,6-9,11-12,15H,2,5,10H2,1H3,(H,21,22,23)/b7-6+/t15-/m0/s1. The van der Waals surface area contributed by atoms with Gasteiger partial charge in [-0.05, 0) is 38.0 Å². The topological polar surface area (TPSA) is 84.2 Å². The highest BCUT2D eigenvalue weighted by Gasteiger charge is 2.32. The quantitative estimate of drug-likeness (QED) is 0.674. The summed E-state index contributed by atoms with van der Waals surface area (Å²) in [6.45, 7) is 2.70. The van der Waals surface area contributed by atoms with Crippen molar-refractivity contribution in [3.63, 3.8) is 0 Å². The average molecular weight is 381 g/mol. The maximum atomic E-state index is 12.7. The van der Waals surface area contributed by atoms with Crippen molar-refractivity contribution in [3.8, 4) is 0 Å². The van der Waals surface area contributed by atoms with Gasteiger partial charge in [-0.25, -0.2) is 9.97 Å². The van der Waals surface area contributed by atoms with Crippen LogP contribution in [-0.2, 0) is 4.79 Å². The summed E-state index contributed by atoms with van der Waals surface area (Å²) in [5, 5.41) is 4.01. The van der Waals surface area contributed by atoms with Gasteiger partial charge in [-0.15, -0.1) is 11.3 Å². The van der Waals surface area contributed by atoms with E-state index in [0.717, 1.165) is 28.5 Å². The van der Waals surface area contributed by atoms with E-state index in [1.54, 1.807) is 48.2 Å². The lowest BCUT2D eigenvalue weighted by atomic mass is 10.1. The van der Waals surface area contributed by atoms with Crippen molar-refractivity contribution in [1.29, 1.82) is 0 Å². The van der Waals surface area contributed by atoms with E-state index in [0.29, 0.717) is 18.1 Å². The summed E-state index contributed by atoms with van der Waals surface area (Å²) in [5.41, 5.74) is 0.766. The van der Waals surface area contributed by atoms with E-state index in [-0.39, 0.29) is 11.9 Å². The average Bonchev–Trinajstić information content (AvgIpc) is 3.42. The van der Waals surface area contributed by atoms with E-state index in [2.05, 4.69) is 20.3 Å². The van der Waals surface area contributed by atoms with Crippen LogP contribution in [0.1, 0.15) is 35.2 Å². The molecule has 0 aliphatic carbocycles. The summed E-state index contributed by atoms with van der Waals surface area (Å²) >= 11 is 1.56. The third kappa shape index (κ3) is 3.90. The van der Waals surface area contributed by atoms with Crippen LogP contribution in [0.4, 0.5) is 10.9 Å². The van der Waals surface area contributed by atoms with Crippen LogP contribution in [0.2, 0.25) is 0 Å². The molecule has 0 radical (unpaired) electrons. The Morgan fingerprint density at radius 3 is 3.04 bits per heavy atom. The van der Waals surface area contributed by atoms with Gasteiger partial charge in [-0.3, -0.25) is 9.78 Å². The monoisotopic (exact) mass is 381 g/mol. The van der Waals surface area contributed by atoms with Crippen LogP contribution < -0.4 is 5.32 Å². The highest BCUT2D eigenvalue weighted by molar-refractivity contribution is 7.15. The number of likely N-dealkylation sites (tertiary alicyclic amines) is 1. The summed E-state index contributed by atoms with van der Waals surface area (Å²) < 4.78 is 5.25. The van der Waals surface area contributed by atoms with Crippen LogP contribution in [-0.4, -0.2) is 32.3 Å². The number of anilines is 2.